The van der Waals surface area contributed by atoms with Gasteiger partial charge in [0.25, 0.3) is 0 Å². The zero-order chi connectivity index (χ0) is 15.2. The molecule has 110 valence electrons. The summed E-state index contributed by atoms with van der Waals surface area (Å²) in [6, 6.07) is 13.0. The van der Waals surface area contributed by atoms with Gasteiger partial charge in [-0.25, -0.2) is 4.79 Å². The number of benzene rings is 2. The summed E-state index contributed by atoms with van der Waals surface area (Å²) in [4.78, 5) is 11.5. The van der Waals surface area contributed by atoms with E-state index in [1.54, 1.807) is 36.4 Å². The van der Waals surface area contributed by atoms with Crippen LogP contribution in [0.15, 0.2) is 53.4 Å². The molecule has 0 aliphatic rings. The summed E-state index contributed by atoms with van der Waals surface area (Å²) in [5, 5.41) is 9.47. The van der Waals surface area contributed by atoms with E-state index in [-0.39, 0.29) is 12.2 Å². The highest BCUT2D eigenvalue weighted by Gasteiger charge is 2.06. The number of hydrogen-bond acceptors (Lipinski definition) is 3. The highest BCUT2D eigenvalue weighted by Crippen LogP contribution is 2.15. The van der Waals surface area contributed by atoms with Crippen LogP contribution in [0.5, 0.6) is 5.75 Å². The van der Waals surface area contributed by atoms with Gasteiger partial charge in [-0.05, 0) is 42.5 Å². The molecule has 0 saturated heterocycles. The molecule has 1 N–H and O–H groups in total. The van der Waals surface area contributed by atoms with Gasteiger partial charge in [0.1, 0.15) is 12.4 Å². The van der Waals surface area contributed by atoms with Crippen molar-refractivity contribution in [2.45, 2.75) is 4.90 Å². The number of carbonyl (C=O) groups is 1. The third-order valence-corrected chi connectivity index (χ3v) is 4.28. The zero-order valence-electron chi connectivity index (χ0n) is 11.0. The van der Waals surface area contributed by atoms with Crippen molar-refractivity contribution in [2.24, 2.45) is 0 Å². The van der Waals surface area contributed by atoms with Crippen LogP contribution in [0, 0.1) is 0 Å². The van der Waals surface area contributed by atoms with Crippen molar-refractivity contribution in [3.8, 4) is 5.75 Å². The monoisotopic (exact) mass is 324 g/mol. The molecule has 0 aliphatic heterocycles. The number of ether oxygens (including phenoxy) is 1. The van der Waals surface area contributed by atoms with Crippen LogP contribution in [0.25, 0.3) is 0 Å². The van der Waals surface area contributed by atoms with Gasteiger partial charge in [0.05, 0.1) is 22.1 Å². The normalized spacial score (nSPS) is 11.9. The minimum Gasteiger partial charge on any atom is -0.493 e. The Morgan fingerprint density at radius 3 is 2.57 bits per heavy atom. The van der Waals surface area contributed by atoms with Gasteiger partial charge in [-0.1, -0.05) is 17.7 Å². The number of carboxylic acid groups (broad SMARTS) is 1. The summed E-state index contributed by atoms with van der Waals surface area (Å²) < 4.78 is 17.4. The molecular formula is C15H13ClO4S. The molecule has 0 spiro atoms. The van der Waals surface area contributed by atoms with Gasteiger partial charge >= 0.3 is 5.97 Å². The number of halogens is 1. The number of carboxylic acids is 1. The Kier molecular flexibility index (Phi) is 5.36. The molecule has 1 unspecified atom stereocenters. The van der Waals surface area contributed by atoms with E-state index in [0.29, 0.717) is 21.4 Å². The topological polar surface area (TPSA) is 63.6 Å². The smallest absolute Gasteiger partial charge is 0.335 e. The Bertz CT molecular complexity index is 655. The molecule has 4 nitrogen and oxygen atoms in total. The predicted octanol–water partition coefficient (Wildman–Crippen LogP) is 3.22. The van der Waals surface area contributed by atoms with Crippen LogP contribution in [0.4, 0.5) is 0 Å². The summed E-state index contributed by atoms with van der Waals surface area (Å²) in [7, 11) is -1.18. The maximum atomic E-state index is 12.0. The Balaban J connectivity index is 1.89. The minimum atomic E-state index is -1.18. The average molecular weight is 325 g/mol. The van der Waals surface area contributed by atoms with E-state index >= 15 is 0 Å². The third-order valence-electron chi connectivity index (χ3n) is 2.69. The first-order valence-corrected chi connectivity index (χ1v) is 7.86. The van der Waals surface area contributed by atoms with Crippen LogP contribution in [0.2, 0.25) is 5.02 Å². The van der Waals surface area contributed by atoms with E-state index < -0.39 is 16.8 Å². The number of rotatable bonds is 6. The molecule has 0 aromatic heterocycles. The second-order valence-electron chi connectivity index (χ2n) is 4.19. The van der Waals surface area contributed by atoms with Crippen molar-refractivity contribution < 1.29 is 18.8 Å². The number of hydrogen-bond donors (Lipinski definition) is 1. The molecular weight excluding hydrogens is 312 g/mol. The summed E-state index contributed by atoms with van der Waals surface area (Å²) in [6.45, 7) is 0.234. The van der Waals surface area contributed by atoms with E-state index in [1.165, 1.54) is 12.1 Å². The fourth-order valence-corrected chi connectivity index (χ4v) is 2.69. The average Bonchev–Trinajstić information content (AvgIpc) is 2.48. The third kappa shape index (κ3) is 4.58. The van der Waals surface area contributed by atoms with Crippen LogP contribution < -0.4 is 4.74 Å². The van der Waals surface area contributed by atoms with E-state index in [0.717, 1.165) is 0 Å². The molecule has 2 rings (SSSR count). The molecule has 2 aromatic carbocycles. The maximum absolute atomic E-state index is 12.0. The van der Waals surface area contributed by atoms with Crippen LogP contribution >= 0.6 is 11.6 Å². The van der Waals surface area contributed by atoms with E-state index in [1.807, 2.05) is 0 Å². The zero-order valence-corrected chi connectivity index (χ0v) is 12.6. The molecule has 0 saturated carbocycles. The SMILES string of the molecule is O=C(O)c1cccc(OCCS(=O)c2ccc(Cl)cc2)c1. The highest BCUT2D eigenvalue weighted by atomic mass is 35.5. The first kappa shape index (κ1) is 15.5. The van der Waals surface area contributed by atoms with Crippen LogP contribution in [0.3, 0.4) is 0 Å². The maximum Gasteiger partial charge on any atom is 0.335 e. The Hall–Kier alpha value is -1.85. The standard InChI is InChI=1S/C15H13ClO4S/c16-12-4-6-14(7-5-12)21(19)9-8-20-13-3-1-2-11(10-13)15(17)18/h1-7,10H,8-9H2,(H,17,18). The molecule has 0 amide bonds. The van der Waals surface area contributed by atoms with Crippen molar-refractivity contribution in [2.75, 3.05) is 12.4 Å². The fraction of sp³-hybridized carbons (Fsp3) is 0.133. The second-order valence-corrected chi connectivity index (χ2v) is 6.19. The van der Waals surface area contributed by atoms with Crippen molar-refractivity contribution >= 4 is 28.4 Å². The lowest BCUT2D eigenvalue weighted by atomic mass is 10.2. The summed E-state index contributed by atoms with van der Waals surface area (Å²) in [5.74, 6) is -0.243. The van der Waals surface area contributed by atoms with Gasteiger partial charge in [-0.3, -0.25) is 4.21 Å². The van der Waals surface area contributed by atoms with E-state index in [4.69, 9.17) is 21.4 Å². The largest absolute Gasteiger partial charge is 0.493 e. The van der Waals surface area contributed by atoms with Crippen LogP contribution in [-0.4, -0.2) is 27.6 Å². The van der Waals surface area contributed by atoms with Crippen molar-refractivity contribution in [3.05, 3.63) is 59.1 Å². The predicted molar refractivity (Wildman–Crippen MR) is 81.6 cm³/mol. The van der Waals surface area contributed by atoms with Gasteiger partial charge < -0.3 is 9.84 Å². The molecule has 0 fully saturated rings. The van der Waals surface area contributed by atoms with Gasteiger partial charge in [-0.2, -0.15) is 0 Å². The quantitative estimate of drug-likeness (QED) is 0.886. The minimum absolute atomic E-state index is 0.159. The Morgan fingerprint density at radius 1 is 1.19 bits per heavy atom. The summed E-state index contributed by atoms with van der Waals surface area (Å²) >= 11 is 5.77. The second kappa shape index (κ2) is 7.24. The molecule has 21 heavy (non-hydrogen) atoms. The van der Waals surface area contributed by atoms with Gasteiger partial charge in [-0.15, -0.1) is 0 Å². The lowest BCUT2D eigenvalue weighted by Crippen LogP contribution is -2.09. The van der Waals surface area contributed by atoms with Crippen molar-refractivity contribution in [1.82, 2.24) is 0 Å². The molecule has 1 atom stereocenters. The molecule has 0 bridgehead atoms. The lowest BCUT2D eigenvalue weighted by molar-refractivity contribution is 0.0696. The van der Waals surface area contributed by atoms with Crippen molar-refractivity contribution in [1.29, 1.82) is 0 Å². The Morgan fingerprint density at radius 2 is 1.90 bits per heavy atom. The first-order chi connectivity index (χ1) is 10.1. The molecule has 0 heterocycles. The Labute approximate surface area is 129 Å². The molecule has 6 heteroatoms. The molecule has 2 aromatic rings. The summed E-state index contributed by atoms with van der Waals surface area (Å²) in [6.07, 6.45) is 0. The highest BCUT2D eigenvalue weighted by molar-refractivity contribution is 7.85. The first-order valence-electron chi connectivity index (χ1n) is 6.16. The number of aromatic carboxylic acids is 1. The van der Waals surface area contributed by atoms with Gasteiger partial charge in [0.2, 0.25) is 0 Å². The van der Waals surface area contributed by atoms with Gasteiger partial charge in [0, 0.05) is 9.92 Å². The summed E-state index contributed by atoms with van der Waals surface area (Å²) in [5.41, 5.74) is 0.159. The molecule has 0 aliphatic carbocycles. The molecule has 0 radical (unpaired) electrons. The lowest BCUT2D eigenvalue weighted by Gasteiger charge is -2.07. The van der Waals surface area contributed by atoms with E-state index in [2.05, 4.69) is 0 Å². The van der Waals surface area contributed by atoms with Crippen LogP contribution in [0.1, 0.15) is 10.4 Å². The van der Waals surface area contributed by atoms with Gasteiger partial charge in [0.15, 0.2) is 0 Å². The van der Waals surface area contributed by atoms with Crippen molar-refractivity contribution in [3.63, 3.8) is 0 Å². The fourth-order valence-electron chi connectivity index (χ4n) is 1.66. The van der Waals surface area contributed by atoms with E-state index in [9.17, 15) is 9.00 Å². The van der Waals surface area contributed by atoms with Crippen LogP contribution in [-0.2, 0) is 10.8 Å².